The Bertz CT molecular complexity index is 1040. The summed E-state index contributed by atoms with van der Waals surface area (Å²) >= 11 is 1.58. The first-order valence-electron chi connectivity index (χ1n) is 9.96. The van der Waals surface area contributed by atoms with Crippen LogP contribution < -0.4 is 19.7 Å². The normalized spacial score (nSPS) is 12.6. The van der Waals surface area contributed by atoms with E-state index in [1.807, 2.05) is 42.2 Å². The molecular weight excluding hydrogens is 398 g/mol. The second-order valence-corrected chi connectivity index (χ2v) is 7.96. The van der Waals surface area contributed by atoms with Crippen LogP contribution in [0.1, 0.15) is 24.5 Å². The number of benzene rings is 2. The van der Waals surface area contributed by atoms with Crippen LogP contribution in [0.25, 0.3) is 11.3 Å². The fourth-order valence-corrected chi connectivity index (χ4v) is 4.36. The van der Waals surface area contributed by atoms with Crippen molar-refractivity contribution in [1.82, 2.24) is 4.98 Å². The van der Waals surface area contributed by atoms with Gasteiger partial charge in [0, 0.05) is 42.2 Å². The molecule has 2 aromatic carbocycles. The molecular formula is C23H25N3O3S. The quantitative estimate of drug-likeness (QED) is 0.595. The maximum atomic E-state index is 12.1. The number of rotatable bonds is 7. The Kier molecular flexibility index (Phi) is 5.90. The number of methoxy groups -OCH3 is 2. The number of amides is 1. The molecule has 0 aliphatic carbocycles. The molecule has 3 aromatic rings. The van der Waals surface area contributed by atoms with Crippen molar-refractivity contribution >= 4 is 28.1 Å². The van der Waals surface area contributed by atoms with Gasteiger partial charge in [-0.2, -0.15) is 0 Å². The minimum absolute atomic E-state index is 0.177. The Balaban J connectivity index is 1.47. The summed E-state index contributed by atoms with van der Waals surface area (Å²) in [5, 5.41) is 6.29. The molecule has 1 aromatic heterocycles. The first-order chi connectivity index (χ1) is 14.6. The van der Waals surface area contributed by atoms with Gasteiger partial charge in [-0.15, -0.1) is 11.3 Å². The number of aromatic nitrogens is 1. The van der Waals surface area contributed by atoms with Gasteiger partial charge < -0.3 is 19.7 Å². The summed E-state index contributed by atoms with van der Waals surface area (Å²) in [6, 6.07) is 12.1. The molecule has 0 spiro atoms. The number of nitrogens with zero attached hydrogens (tertiary/aromatic N) is 2. The van der Waals surface area contributed by atoms with Gasteiger partial charge in [0.05, 0.1) is 19.9 Å². The number of hydrogen-bond acceptors (Lipinski definition) is 6. The minimum Gasteiger partial charge on any atom is -0.497 e. The number of thiazole rings is 1. The molecule has 4 rings (SSSR count). The molecule has 0 bridgehead atoms. The van der Waals surface area contributed by atoms with Crippen LogP contribution in [-0.4, -0.2) is 31.7 Å². The Morgan fingerprint density at radius 1 is 1.17 bits per heavy atom. The highest BCUT2D eigenvalue weighted by molar-refractivity contribution is 7.14. The van der Waals surface area contributed by atoms with Crippen molar-refractivity contribution in [3.8, 4) is 22.8 Å². The number of hydrogen-bond donors (Lipinski definition) is 1. The molecule has 0 unspecified atom stereocenters. The topological polar surface area (TPSA) is 63.7 Å². The maximum absolute atomic E-state index is 12.1. The largest absolute Gasteiger partial charge is 0.497 e. The van der Waals surface area contributed by atoms with Crippen LogP contribution in [0.4, 0.5) is 10.8 Å². The molecule has 0 atom stereocenters. The summed E-state index contributed by atoms with van der Waals surface area (Å²) in [6.45, 7) is 3.29. The lowest BCUT2D eigenvalue weighted by Gasteiger charge is -2.16. The molecule has 7 heteroatoms. The molecule has 156 valence electrons. The predicted octanol–water partition coefficient (Wildman–Crippen LogP) is 4.74. The smallest absolute Gasteiger partial charge is 0.226 e. The van der Waals surface area contributed by atoms with E-state index >= 15 is 0 Å². The van der Waals surface area contributed by atoms with Gasteiger partial charge in [-0.3, -0.25) is 4.79 Å². The summed E-state index contributed by atoms with van der Waals surface area (Å²) in [5.74, 6) is 1.70. The minimum atomic E-state index is 0.177. The molecule has 1 amide bonds. The average molecular weight is 424 g/mol. The second-order valence-electron chi connectivity index (χ2n) is 7.10. The third-order valence-corrected chi connectivity index (χ3v) is 6.03. The highest BCUT2D eigenvalue weighted by Crippen LogP contribution is 2.34. The van der Waals surface area contributed by atoms with E-state index in [0.717, 1.165) is 52.1 Å². The van der Waals surface area contributed by atoms with Gasteiger partial charge in [-0.05, 0) is 41.8 Å². The van der Waals surface area contributed by atoms with E-state index in [9.17, 15) is 4.79 Å². The number of fused-ring (bicyclic) bond motifs is 1. The zero-order valence-corrected chi connectivity index (χ0v) is 18.2. The van der Waals surface area contributed by atoms with Crippen LogP contribution >= 0.6 is 11.3 Å². The van der Waals surface area contributed by atoms with Crippen LogP contribution in [0.5, 0.6) is 11.5 Å². The Morgan fingerprint density at radius 3 is 2.63 bits per heavy atom. The Hall–Kier alpha value is -3.06. The van der Waals surface area contributed by atoms with Crippen molar-refractivity contribution in [2.75, 3.05) is 31.0 Å². The summed E-state index contributed by atoms with van der Waals surface area (Å²) in [7, 11) is 3.29. The molecule has 0 radical (unpaired) electrons. The van der Waals surface area contributed by atoms with Gasteiger partial charge in [0.15, 0.2) is 5.13 Å². The molecule has 0 fully saturated rings. The van der Waals surface area contributed by atoms with E-state index < -0.39 is 0 Å². The van der Waals surface area contributed by atoms with E-state index in [1.54, 1.807) is 25.6 Å². The van der Waals surface area contributed by atoms with Crippen molar-refractivity contribution in [2.24, 2.45) is 0 Å². The summed E-state index contributed by atoms with van der Waals surface area (Å²) in [4.78, 5) is 18.7. The van der Waals surface area contributed by atoms with Gasteiger partial charge in [0.2, 0.25) is 5.91 Å². The van der Waals surface area contributed by atoms with Crippen LogP contribution in [0.3, 0.4) is 0 Å². The first kappa shape index (κ1) is 20.2. The maximum Gasteiger partial charge on any atom is 0.226 e. The molecule has 30 heavy (non-hydrogen) atoms. The molecule has 1 aliphatic heterocycles. The molecule has 1 aliphatic rings. The lowest BCUT2D eigenvalue weighted by molar-refractivity contribution is -0.118. The number of ether oxygens (including phenoxy) is 2. The molecule has 0 saturated heterocycles. The van der Waals surface area contributed by atoms with Crippen molar-refractivity contribution in [1.29, 1.82) is 0 Å². The highest BCUT2D eigenvalue weighted by atomic mass is 32.1. The van der Waals surface area contributed by atoms with Crippen molar-refractivity contribution in [2.45, 2.75) is 26.3 Å². The second kappa shape index (κ2) is 8.75. The van der Waals surface area contributed by atoms with Crippen molar-refractivity contribution in [3.05, 3.63) is 52.9 Å². The third-order valence-electron chi connectivity index (χ3n) is 5.23. The van der Waals surface area contributed by atoms with Crippen molar-refractivity contribution in [3.63, 3.8) is 0 Å². The average Bonchev–Trinajstić information content (AvgIpc) is 3.43. The van der Waals surface area contributed by atoms with E-state index in [4.69, 9.17) is 14.5 Å². The number of carbonyl (C=O) groups is 1. The monoisotopic (exact) mass is 423 g/mol. The SMILES string of the molecule is CCC(=O)N1CCc2cc(-c3csc(NCc4cc(OC)cc(OC)c4)n3)ccc21. The zero-order valence-electron chi connectivity index (χ0n) is 17.4. The summed E-state index contributed by atoms with van der Waals surface area (Å²) in [5.41, 5.74) is 5.31. The lowest BCUT2D eigenvalue weighted by atomic mass is 10.1. The first-order valence-corrected chi connectivity index (χ1v) is 10.8. The van der Waals surface area contributed by atoms with Gasteiger partial charge in [-0.1, -0.05) is 13.0 Å². The van der Waals surface area contributed by atoms with E-state index in [2.05, 4.69) is 16.8 Å². The van der Waals surface area contributed by atoms with Crippen LogP contribution in [0.2, 0.25) is 0 Å². The fourth-order valence-electron chi connectivity index (χ4n) is 3.64. The van der Waals surface area contributed by atoms with Gasteiger partial charge in [-0.25, -0.2) is 4.98 Å². The van der Waals surface area contributed by atoms with Gasteiger partial charge in [0.1, 0.15) is 11.5 Å². The van der Waals surface area contributed by atoms with E-state index in [-0.39, 0.29) is 5.91 Å². The van der Waals surface area contributed by atoms with Gasteiger partial charge in [0.25, 0.3) is 0 Å². The molecule has 2 heterocycles. The number of nitrogens with one attached hydrogen (secondary N) is 1. The lowest BCUT2D eigenvalue weighted by Crippen LogP contribution is -2.27. The van der Waals surface area contributed by atoms with Crippen LogP contribution in [0.15, 0.2) is 41.8 Å². The van der Waals surface area contributed by atoms with Crippen LogP contribution in [0, 0.1) is 0 Å². The van der Waals surface area contributed by atoms with Crippen molar-refractivity contribution < 1.29 is 14.3 Å². The van der Waals surface area contributed by atoms with E-state index in [0.29, 0.717) is 13.0 Å². The third kappa shape index (κ3) is 4.11. The number of carbonyl (C=O) groups excluding carboxylic acids is 1. The Morgan fingerprint density at radius 2 is 1.93 bits per heavy atom. The van der Waals surface area contributed by atoms with Gasteiger partial charge >= 0.3 is 0 Å². The molecule has 1 N–H and O–H groups in total. The number of anilines is 2. The van der Waals surface area contributed by atoms with E-state index in [1.165, 1.54) is 5.56 Å². The molecule has 0 saturated carbocycles. The summed E-state index contributed by atoms with van der Waals surface area (Å²) in [6.07, 6.45) is 1.42. The highest BCUT2D eigenvalue weighted by Gasteiger charge is 2.24. The predicted molar refractivity (Wildman–Crippen MR) is 121 cm³/mol. The molecule has 6 nitrogen and oxygen atoms in total. The fraction of sp³-hybridized carbons (Fsp3) is 0.304. The van der Waals surface area contributed by atoms with Crippen LogP contribution in [-0.2, 0) is 17.8 Å². The zero-order chi connectivity index (χ0) is 21.1. The standard InChI is InChI=1S/C23H25N3O3S/c1-4-22(27)26-8-7-17-11-16(5-6-21(17)26)20-14-30-23(25-20)24-13-15-9-18(28-2)12-19(10-15)29-3/h5-6,9-12,14H,4,7-8,13H2,1-3H3,(H,24,25). The summed E-state index contributed by atoms with van der Waals surface area (Å²) < 4.78 is 10.7. The Labute approximate surface area is 180 Å².